The zero-order valence-electron chi connectivity index (χ0n) is 19.4. The summed E-state index contributed by atoms with van der Waals surface area (Å²) in [5.74, 6) is 0.453. The van der Waals surface area contributed by atoms with Crippen molar-refractivity contribution in [1.29, 1.82) is 0 Å². The summed E-state index contributed by atoms with van der Waals surface area (Å²) in [6.45, 7) is 3.42. The number of nitrogens with zero attached hydrogens (tertiary/aromatic N) is 6. The van der Waals surface area contributed by atoms with Gasteiger partial charge in [-0.15, -0.1) is 10.2 Å². The number of likely N-dealkylation sites (tertiary alicyclic amines) is 1. The van der Waals surface area contributed by atoms with Crippen LogP contribution in [0.3, 0.4) is 0 Å². The predicted octanol–water partition coefficient (Wildman–Crippen LogP) is 2.95. The van der Waals surface area contributed by atoms with Crippen LogP contribution in [-0.2, 0) is 7.05 Å². The van der Waals surface area contributed by atoms with Crippen molar-refractivity contribution in [2.45, 2.75) is 24.0 Å². The number of halogens is 2. The van der Waals surface area contributed by atoms with Crippen LogP contribution in [0.1, 0.15) is 23.3 Å². The Bertz CT molecular complexity index is 1200. The number of fused-ring (bicyclic) bond motifs is 1. The molecule has 1 amide bonds. The largest absolute Gasteiger partial charge is 0.364 e. The van der Waals surface area contributed by atoms with E-state index >= 15 is 0 Å². The number of anilines is 1. The van der Waals surface area contributed by atoms with E-state index in [1.807, 2.05) is 16.5 Å². The molecule has 2 fully saturated rings. The van der Waals surface area contributed by atoms with E-state index in [1.54, 1.807) is 30.1 Å². The Hall–Kier alpha value is -3.05. The van der Waals surface area contributed by atoms with Gasteiger partial charge in [0.05, 0.1) is 0 Å². The van der Waals surface area contributed by atoms with Gasteiger partial charge in [-0.2, -0.15) is 0 Å². The zero-order valence-corrected chi connectivity index (χ0v) is 20.2. The average molecular weight is 500 g/mol. The maximum Gasteiger partial charge on any atom is 0.267 e. The lowest BCUT2D eigenvalue weighted by atomic mass is 10.0. The van der Waals surface area contributed by atoms with Crippen molar-refractivity contribution in [3.05, 3.63) is 53.9 Å². The van der Waals surface area contributed by atoms with Crippen LogP contribution in [0, 0.1) is 17.6 Å². The lowest BCUT2D eigenvalue weighted by molar-refractivity contribution is 0.0995. The number of hydrogen-bond donors (Lipinski definition) is 1. The van der Waals surface area contributed by atoms with Crippen LogP contribution in [0.25, 0.3) is 11.4 Å². The number of aromatic nitrogens is 4. The minimum absolute atomic E-state index is 0.120. The van der Waals surface area contributed by atoms with Crippen LogP contribution in [0.4, 0.5) is 14.5 Å². The third-order valence-corrected chi connectivity index (χ3v) is 7.91. The third-order valence-electron chi connectivity index (χ3n) is 6.81. The molecule has 2 saturated heterocycles. The monoisotopic (exact) mass is 499 g/mol. The van der Waals surface area contributed by atoms with Gasteiger partial charge in [-0.1, -0.05) is 17.8 Å². The van der Waals surface area contributed by atoms with E-state index in [-0.39, 0.29) is 17.4 Å². The van der Waals surface area contributed by atoms with Gasteiger partial charge < -0.3 is 20.1 Å². The number of carbonyl (C=O) groups is 1. The van der Waals surface area contributed by atoms with E-state index in [4.69, 9.17) is 5.73 Å². The molecule has 0 aliphatic carbocycles. The quantitative estimate of drug-likeness (QED) is 0.376. The number of para-hydroxylation sites is 1. The molecule has 2 aliphatic heterocycles. The maximum absolute atomic E-state index is 14.3. The summed E-state index contributed by atoms with van der Waals surface area (Å²) in [6.07, 6.45) is 3.50. The fourth-order valence-corrected chi connectivity index (χ4v) is 5.92. The number of pyridine rings is 1. The standard InChI is InChI=1S/C24H27F2N7OS/c1-31-23(15-6-7-19(22(27)34)28-12-15)29-30-24(31)35-11-3-9-32-13-16-8-10-33(20(16)14-32)21-17(25)4-2-5-18(21)26/h2,4-7,12,16,20H,3,8-11,13-14H2,1H3,(H2,27,34)/t16-,20+/m1/s1. The van der Waals surface area contributed by atoms with Gasteiger partial charge in [-0.05, 0) is 49.6 Å². The second kappa shape index (κ2) is 9.90. The number of rotatable bonds is 8. The second-order valence-corrected chi connectivity index (χ2v) is 10.1. The van der Waals surface area contributed by atoms with Crippen molar-refractivity contribution < 1.29 is 13.6 Å². The fourth-order valence-electron chi connectivity index (χ4n) is 5.09. The van der Waals surface area contributed by atoms with Crippen LogP contribution in [0.15, 0.2) is 41.7 Å². The predicted molar refractivity (Wildman–Crippen MR) is 130 cm³/mol. The number of amides is 1. The highest BCUT2D eigenvalue weighted by molar-refractivity contribution is 7.99. The van der Waals surface area contributed by atoms with Gasteiger partial charge in [0.2, 0.25) is 0 Å². The summed E-state index contributed by atoms with van der Waals surface area (Å²) in [5.41, 5.74) is 6.34. The molecule has 184 valence electrons. The van der Waals surface area contributed by atoms with Gasteiger partial charge in [-0.25, -0.2) is 8.78 Å². The summed E-state index contributed by atoms with van der Waals surface area (Å²) < 4.78 is 30.6. The molecule has 2 N–H and O–H groups in total. The molecule has 2 aromatic heterocycles. The molecule has 2 aliphatic rings. The van der Waals surface area contributed by atoms with Crippen molar-refractivity contribution in [3.63, 3.8) is 0 Å². The van der Waals surface area contributed by atoms with E-state index < -0.39 is 17.5 Å². The topological polar surface area (TPSA) is 93.2 Å². The van der Waals surface area contributed by atoms with Gasteiger partial charge in [0, 0.05) is 50.2 Å². The van der Waals surface area contributed by atoms with Crippen molar-refractivity contribution in [2.75, 3.05) is 36.8 Å². The molecule has 5 rings (SSSR count). The minimum atomic E-state index is -0.570. The van der Waals surface area contributed by atoms with Crippen LogP contribution in [0.5, 0.6) is 0 Å². The third kappa shape index (κ3) is 4.74. The molecule has 0 saturated carbocycles. The lowest BCUT2D eigenvalue weighted by Gasteiger charge is -2.27. The molecular formula is C24H27F2N7OS. The van der Waals surface area contributed by atoms with Crippen LogP contribution in [0.2, 0.25) is 0 Å². The zero-order chi connectivity index (χ0) is 24.5. The minimum Gasteiger partial charge on any atom is -0.364 e. The average Bonchev–Trinajstić information content (AvgIpc) is 3.52. The molecule has 0 spiro atoms. The first-order valence-corrected chi connectivity index (χ1v) is 12.6. The Balaban J connectivity index is 1.13. The van der Waals surface area contributed by atoms with Crippen LogP contribution < -0.4 is 10.6 Å². The van der Waals surface area contributed by atoms with E-state index in [9.17, 15) is 13.6 Å². The Morgan fingerprint density at radius 2 is 1.97 bits per heavy atom. The number of thioether (sulfide) groups is 1. The highest BCUT2D eigenvalue weighted by atomic mass is 32.2. The number of benzene rings is 1. The van der Waals surface area contributed by atoms with Crippen LogP contribution in [-0.4, -0.2) is 68.5 Å². The second-order valence-electron chi connectivity index (χ2n) is 9.00. The first-order valence-electron chi connectivity index (χ1n) is 11.6. The van der Waals surface area contributed by atoms with E-state index in [0.29, 0.717) is 18.3 Å². The molecular weight excluding hydrogens is 472 g/mol. The highest BCUT2D eigenvalue weighted by Crippen LogP contribution is 2.37. The molecule has 4 heterocycles. The molecule has 2 atom stereocenters. The SMILES string of the molecule is Cn1c(SCCCN2C[C@H]3CCN(c4c(F)cccc4F)[C@H]3C2)nnc1-c1ccc(C(N)=O)nc1. The van der Waals surface area contributed by atoms with Gasteiger partial charge >= 0.3 is 0 Å². The summed E-state index contributed by atoms with van der Waals surface area (Å²) in [6, 6.07) is 7.57. The molecule has 3 aromatic rings. The molecule has 11 heteroatoms. The first-order chi connectivity index (χ1) is 16.9. The van der Waals surface area contributed by atoms with Crippen molar-refractivity contribution in [2.24, 2.45) is 18.7 Å². The van der Waals surface area contributed by atoms with Gasteiger partial charge in [0.1, 0.15) is 23.0 Å². The number of nitrogens with two attached hydrogens (primary N) is 1. The number of carbonyl (C=O) groups excluding carboxylic acids is 1. The Kier molecular flexibility index (Phi) is 6.70. The van der Waals surface area contributed by atoms with Crippen molar-refractivity contribution >= 4 is 23.4 Å². The highest BCUT2D eigenvalue weighted by Gasteiger charge is 2.42. The summed E-state index contributed by atoms with van der Waals surface area (Å²) in [5, 5.41) is 9.36. The normalized spacial score (nSPS) is 19.9. The molecule has 0 unspecified atom stereocenters. The van der Waals surface area contributed by atoms with E-state index in [2.05, 4.69) is 20.1 Å². The Morgan fingerprint density at radius 3 is 2.69 bits per heavy atom. The van der Waals surface area contributed by atoms with Gasteiger partial charge in [0.25, 0.3) is 5.91 Å². The molecule has 35 heavy (non-hydrogen) atoms. The Morgan fingerprint density at radius 1 is 1.17 bits per heavy atom. The number of primary amides is 1. The molecule has 1 aromatic carbocycles. The number of hydrogen-bond acceptors (Lipinski definition) is 7. The maximum atomic E-state index is 14.3. The van der Waals surface area contributed by atoms with E-state index in [0.717, 1.165) is 48.9 Å². The fraction of sp³-hybridized carbons (Fsp3) is 0.417. The lowest BCUT2D eigenvalue weighted by Crippen LogP contribution is -2.36. The first kappa shape index (κ1) is 23.7. The summed E-state index contributed by atoms with van der Waals surface area (Å²) in [4.78, 5) is 19.6. The van der Waals surface area contributed by atoms with Crippen molar-refractivity contribution in [1.82, 2.24) is 24.6 Å². The molecule has 8 nitrogen and oxygen atoms in total. The molecule has 0 radical (unpaired) electrons. The van der Waals surface area contributed by atoms with Gasteiger partial charge in [0.15, 0.2) is 11.0 Å². The summed E-state index contributed by atoms with van der Waals surface area (Å²) in [7, 11) is 1.90. The van der Waals surface area contributed by atoms with E-state index in [1.165, 1.54) is 18.2 Å². The summed E-state index contributed by atoms with van der Waals surface area (Å²) >= 11 is 1.64. The van der Waals surface area contributed by atoms with Gasteiger partial charge in [-0.3, -0.25) is 9.78 Å². The smallest absolute Gasteiger partial charge is 0.267 e. The van der Waals surface area contributed by atoms with Crippen molar-refractivity contribution in [3.8, 4) is 11.4 Å². The Labute approximate surface area is 206 Å². The molecule has 0 bridgehead atoms. The van der Waals surface area contributed by atoms with Crippen LogP contribution >= 0.6 is 11.8 Å².